The normalized spacial score (nSPS) is 14.0. The second-order valence-electron chi connectivity index (χ2n) is 4.92. The van der Waals surface area contributed by atoms with Crippen LogP contribution in [0, 0.1) is 0 Å². The van der Waals surface area contributed by atoms with Crippen molar-refractivity contribution in [1.29, 1.82) is 0 Å². The minimum absolute atomic E-state index is 0. The first-order valence-corrected chi connectivity index (χ1v) is 7.66. The zero-order valence-electron chi connectivity index (χ0n) is 12.6. The van der Waals surface area contributed by atoms with Crippen molar-refractivity contribution in [2.45, 2.75) is 25.8 Å². The van der Waals surface area contributed by atoms with Crippen molar-refractivity contribution >= 4 is 47.4 Å². The molecule has 22 heavy (non-hydrogen) atoms. The van der Waals surface area contributed by atoms with Crippen LogP contribution in [0.2, 0.25) is 5.02 Å². The molecule has 2 rings (SSSR count). The third-order valence-electron chi connectivity index (χ3n) is 3.05. The van der Waals surface area contributed by atoms with E-state index in [1.807, 2.05) is 6.92 Å². The van der Waals surface area contributed by atoms with Gasteiger partial charge in [0.05, 0.1) is 17.1 Å². The maximum absolute atomic E-state index is 11.9. The molecule has 0 unspecified atom stereocenters. The Morgan fingerprint density at radius 3 is 2.68 bits per heavy atom. The van der Waals surface area contributed by atoms with Crippen molar-refractivity contribution < 1.29 is 4.79 Å². The minimum atomic E-state index is -0.170. The van der Waals surface area contributed by atoms with Crippen molar-refractivity contribution in [3.8, 4) is 0 Å². The van der Waals surface area contributed by atoms with E-state index in [-0.39, 0.29) is 29.9 Å². The van der Waals surface area contributed by atoms with E-state index in [0.717, 1.165) is 12.5 Å². The van der Waals surface area contributed by atoms with Gasteiger partial charge < -0.3 is 16.0 Å². The summed E-state index contributed by atoms with van der Waals surface area (Å²) in [4.78, 5) is 16.4. The predicted molar refractivity (Wildman–Crippen MR) is 101 cm³/mol. The monoisotopic (exact) mass is 436 g/mol. The summed E-state index contributed by atoms with van der Waals surface area (Å²) >= 11 is 5.98. The van der Waals surface area contributed by atoms with Gasteiger partial charge in [-0.1, -0.05) is 23.7 Å². The number of hydrogen-bond acceptors (Lipinski definition) is 2. The summed E-state index contributed by atoms with van der Waals surface area (Å²) in [6.45, 7) is 3.86. The second-order valence-corrected chi connectivity index (χ2v) is 5.32. The Kier molecular flexibility index (Phi) is 8.55. The topological polar surface area (TPSA) is 65.5 Å². The zero-order valence-corrected chi connectivity index (χ0v) is 15.7. The fourth-order valence-corrected chi connectivity index (χ4v) is 2.04. The lowest BCUT2D eigenvalue weighted by molar-refractivity contribution is 0.0955. The SMILES string of the molecule is CCNC(=NCCNC(=O)c1ccccc1Cl)NC1CC1.I. The fourth-order valence-electron chi connectivity index (χ4n) is 1.82. The lowest BCUT2D eigenvalue weighted by Crippen LogP contribution is -2.39. The van der Waals surface area contributed by atoms with Gasteiger partial charge in [0.2, 0.25) is 0 Å². The summed E-state index contributed by atoms with van der Waals surface area (Å²) in [7, 11) is 0. The van der Waals surface area contributed by atoms with Crippen LogP contribution in [0.4, 0.5) is 0 Å². The predicted octanol–water partition coefficient (Wildman–Crippen LogP) is 2.41. The molecule has 122 valence electrons. The Hall–Kier alpha value is -1.02. The number of aliphatic imine (C=N–C) groups is 1. The average Bonchev–Trinajstić information content (AvgIpc) is 3.28. The first-order valence-electron chi connectivity index (χ1n) is 7.28. The molecule has 1 amide bonds. The quantitative estimate of drug-likeness (QED) is 0.278. The summed E-state index contributed by atoms with van der Waals surface area (Å²) in [5.74, 6) is 0.642. The van der Waals surface area contributed by atoms with Crippen molar-refractivity contribution in [2.24, 2.45) is 4.99 Å². The standard InChI is InChI=1S/C15H21ClN4O.HI/c1-2-17-15(20-11-7-8-11)19-10-9-18-14(21)12-5-3-4-6-13(12)16;/h3-6,11H,2,7-10H2,1H3,(H,18,21)(H2,17,19,20);1H. The van der Waals surface area contributed by atoms with Gasteiger partial charge in [-0.2, -0.15) is 0 Å². The second kappa shape index (κ2) is 9.89. The maximum atomic E-state index is 11.9. The number of nitrogens with zero attached hydrogens (tertiary/aromatic N) is 1. The fraction of sp³-hybridized carbons (Fsp3) is 0.467. The van der Waals surface area contributed by atoms with Crippen LogP contribution in [-0.2, 0) is 0 Å². The highest BCUT2D eigenvalue weighted by Gasteiger charge is 2.21. The maximum Gasteiger partial charge on any atom is 0.252 e. The van der Waals surface area contributed by atoms with Crippen LogP contribution >= 0.6 is 35.6 Å². The molecule has 1 aliphatic rings. The van der Waals surface area contributed by atoms with Gasteiger partial charge in [-0.15, -0.1) is 24.0 Å². The van der Waals surface area contributed by atoms with Gasteiger partial charge in [0.25, 0.3) is 5.91 Å². The van der Waals surface area contributed by atoms with Gasteiger partial charge >= 0.3 is 0 Å². The highest BCUT2D eigenvalue weighted by Crippen LogP contribution is 2.18. The van der Waals surface area contributed by atoms with Crippen LogP contribution in [0.1, 0.15) is 30.1 Å². The largest absolute Gasteiger partial charge is 0.357 e. The molecule has 5 nitrogen and oxygen atoms in total. The number of guanidine groups is 1. The third kappa shape index (κ3) is 6.39. The van der Waals surface area contributed by atoms with Gasteiger partial charge in [0.15, 0.2) is 5.96 Å². The zero-order chi connectivity index (χ0) is 15.1. The number of amides is 1. The smallest absolute Gasteiger partial charge is 0.252 e. The Balaban J connectivity index is 0.00000242. The van der Waals surface area contributed by atoms with Crippen molar-refractivity contribution in [1.82, 2.24) is 16.0 Å². The lowest BCUT2D eigenvalue weighted by Gasteiger charge is -2.10. The van der Waals surface area contributed by atoms with Crippen LogP contribution in [-0.4, -0.2) is 37.5 Å². The van der Waals surface area contributed by atoms with E-state index in [4.69, 9.17) is 11.6 Å². The molecule has 0 heterocycles. The number of nitrogens with one attached hydrogen (secondary N) is 3. The summed E-state index contributed by atoms with van der Waals surface area (Å²) < 4.78 is 0. The van der Waals surface area contributed by atoms with Crippen LogP contribution in [0.3, 0.4) is 0 Å². The summed E-state index contributed by atoms with van der Waals surface area (Å²) in [6, 6.07) is 7.56. The van der Waals surface area contributed by atoms with Crippen LogP contribution in [0.25, 0.3) is 0 Å². The Morgan fingerprint density at radius 1 is 1.32 bits per heavy atom. The van der Waals surface area contributed by atoms with Crippen molar-refractivity contribution in [3.63, 3.8) is 0 Å². The van der Waals surface area contributed by atoms with E-state index in [9.17, 15) is 4.79 Å². The Bertz CT molecular complexity index is 520. The van der Waals surface area contributed by atoms with Gasteiger partial charge in [-0.05, 0) is 31.9 Å². The molecule has 0 aromatic heterocycles. The van der Waals surface area contributed by atoms with Crippen LogP contribution < -0.4 is 16.0 Å². The number of halogens is 2. The summed E-state index contributed by atoms with van der Waals surface area (Å²) in [6.07, 6.45) is 2.40. The highest BCUT2D eigenvalue weighted by molar-refractivity contribution is 14.0. The number of carbonyl (C=O) groups excluding carboxylic acids is 1. The van der Waals surface area contributed by atoms with E-state index in [0.29, 0.717) is 29.7 Å². The first-order chi connectivity index (χ1) is 10.2. The molecule has 1 aliphatic carbocycles. The first kappa shape index (κ1) is 19.0. The molecule has 0 radical (unpaired) electrons. The van der Waals surface area contributed by atoms with E-state index in [1.54, 1.807) is 24.3 Å². The summed E-state index contributed by atoms with van der Waals surface area (Å²) in [5, 5.41) is 9.79. The van der Waals surface area contributed by atoms with E-state index >= 15 is 0 Å². The van der Waals surface area contributed by atoms with Gasteiger partial charge in [0, 0.05) is 19.1 Å². The van der Waals surface area contributed by atoms with E-state index in [2.05, 4.69) is 20.9 Å². The number of benzene rings is 1. The molecule has 1 saturated carbocycles. The molecule has 0 atom stereocenters. The Morgan fingerprint density at radius 2 is 2.05 bits per heavy atom. The average molecular weight is 437 g/mol. The third-order valence-corrected chi connectivity index (χ3v) is 3.38. The lowest BCUT2D eigenvalue weighted by atomic mass is 10.2. The van der Waals surface area contributed by atoms with Gasteiger partial charge in [0.1, 0.15) is 0 Å². The molecule has 0 aliphatic heterocycles. The van der Waals surface area contributed by atoms with E-state index in [1.165, 1.54) is 12.8 Å². The number of rotatable bonds is 6. The van der Waals surface area contributed by atoms with Crippen molar-refractivity contribution in [2.75, 3.05) is 19.6 Å². The molecule has 7 heteroatoms. The number of hydrogen-bond donors (Lipinski definition) is 3. The molecule has 0 spiro atoms. The molecular weight excluding hydrogens is 415 g/mol. The molecule has 1 aromatic carbocycles. The molecule has 3 N–H and O–H groups in total. The molecule has 0 bridgehead atoms. The van der Waals surface area contributed by atoms with E-state index < -0.39 is 0 Å². The minimum Gasteiger partial charge on any atom is -0.357 e. The van der Waals surface area contributed by atoms with Gasteiger partial charge in [-0.3, -0.25) is 9.79 Å². The van der Waals surface area contributed by atoms with Crippen LogP contribution in [0.5, 0.6) is 0 Å². The molecule has 1 aromatic rings. The highest BCUT2D eigenvalue weighted by atomic mass is 127. The molecular formula is C15H22ClIN4O. The molecule has 0 saturated heterocycles. The Labute approximate surface area is 153 Å². The molecule has 1 fully saturated rings. The van der Waals surface area contributed by atoms with Gasteiger partial charge in [-0.25, -0.2) is 0 Å². The van der Waals surface area contributed by atoms with Crippen molar-refractivity contribution in [3.05, 3.63) is 34.9 Å². The van der Waals surface area contributed by atoms with Crippen LogP contribution in [0.15, 0.2) is 29.3 Å². The number of carbonyl (C=O) groups is 1. The summed E-state index contributed by atoms with van der Waals surface area (Å²) in [5.41, 5.74) is 0.492.